The van der Waals surface area contributed by atoms with Gasteiger partial charge in [-0.2, -0.15) is 3.71 Å². The van der Waals surface area contributed by atoms with E-state index in [2.05, 4.69) is 21.2 Å². The molecule has 1 amide bonds. The Bertz CT molecular complexity index is 1130. The highest BCUT2D eigenvalue weighted by molar-refractivity contribution is 9.10. The van der Waals surface area contributed by atoms with Gasteiger partial charge in [0.2, 0.25) is 20.0 Å². The fraction of sp³-hybridized carbons (Fsp3) is 0.133. The zero-order valence-electron chi connectivity index (χ0n) is 14.5. The van der Waals surface area contributed by atoms with E-state index >= 15 is 0 Å². The van der Waals surface area contributed by atoms with E-state index < -0.39 is 30.9 Å². The topological polar surface area (TPSA) is 144 Å². The third kappa shape index (κ3) is 5.05. The first-order chi connectivity index (χ1) is 12.8. The number of hydrogen-bond acceptors (Lipinski definition) is 7. The Morgan fingerprint density at radius 2 is 1.68 bits per heavy atom. The second kappa shape index (κ2) is 7.85. The van der Waals surface area contributed by atoms with E-state index in [-0.39, 0.29) is 30.8 Å². The van der Waals surface area contributed by atoms with Crippen LogP contribution in [0.5, 0.6) is 0 Å². The number of halogens is 1. The van der Waals surface area contributed by atoms with Gasteiger partial charge in [0, 0.05) is 27.9 Å². The van der Waals surface area contributed by atoms with Crippen molar-refractivity contribution in [2.75, 3.05) is 21.5 Å². The molecule has 0 radical (unpaired) electrons. The lowest BCUT2D eigenvalue weighted by Gasteiger charge is -2.21. The molecule has 0 unspecified atom stereocenters. The van der Waals surface area contributed by atoms with Crippen molar-refractivity contribution in [3.8, 4) is 0 Å². The lowest BCUT2D eigenvalue weighted by Crippen LogP contribution is -2.35. The SMILES string of the molecule is CS(=O)(=O)N(c1ccc(NC(=O)c2cccc([N+](=O)[O-])c2)cc1Br)S(C)(=O)=O. The number of rotatable bonds is 6. The molecule has 0 spiro atoms. The minimum Gasteiger partial charge on any atom is -0.322 e. The van der Waals surface area contributed by atoms with E-state index in [1.165, 1.54) is 36.4 Å². The van der Waals surface area contributed by atoms with Crippen LogP contribution in [0.4, 0.5) is 17.1 Å². The third-order valence-corrected chi connectivity index (χ3v) is 7.18. The van der Waals surface area contributed by atoms with E-state index in [0.29, 0.717) is 0 Å². The maximum atomic E-state index is 12.3. The Balaban J connectivity index is 2.36. The van der Waals surface area contributed by atoms with Gasteiger partial charge in [-0.3, -0.25) is 14.9 Å². The molecule has 0 atom stereocenters. The van der Waals surface area contributed by atoms with Crippen molar-refractivity contribution in [2.45, 2.75) is 0 Å². The van der Waals surface area contributed by atoms with Gasteiger partial charge in [-0.15, -0.1) is 0 Å². The van der Waals surface area contributed by atoms with Crippen molar-refractivity contribution in [1.82, 2.24) is 0 Å². The quantitative estimate of drug-likeness (QED) is 0.482. The van der Waals surface area contributed by atoms with Crippen LogP contribution < -0.4 is 9.03 Å². The van der Waals surface area contributed by atoms with Crippen molar-refractivity contribution in [3.05, 3.63) is 62.6 Å². The molecule has 0 bridgehead atoms. The number of amides is 1. The van der Waals surface area contributed by atoms with Crippen molar-refractivity contribution >= 4 is 58.9 Å². The van der Waals surface area contributed by atoms with Crippen LogP contribution in [0.1, 0.15) is 10.4 Å². The van der Waals surface area contributed by atoms with Gasteiger partial charge < -0.3 is 5.32 Å². The number of hydrogen-bond donors (Lipinski definition) is 1. The van der Waals surface area contributed by atoms with Gasteiger partial charge in [0.05, 0.1) is 23.1 Å². The molecule has 1 N–H and O–H groups in total. The van der Waals surface area contributed by atoms with Gasteiger partial charge >= 0.3 is 0 Å². The van der Waals surface area contributed by atoms with Crippen LogP contribution in [0.15, 0.2) is 46.9 Å². The molecule has 0 saturated heterocycles. The first-order valence-electron chi connectivity index (χ1n) is 7.36. The van der Waals surface area contributed by atoms with Crippen LogP contribution in [0, 0.1) is 10.1 Å². The molecule has 2 aromatic carbocycles. The zero-order chi connectivity index (χ0) is 21.3. The summed E-state index contributed by atoms with van der Waals surface area (Å²) < 4.78 is 47.8. The van der Waals surface area contributed by atoms with Crippen LogP contribution >= 0.6 is 15.9 Å². The molecule has 2 aromatic rings. The number of carbonyl (C=O) groups excluding carboxylic acids is 1. The van der Waals surface area contributed by atoms with Crippen molar-refractivity contribution in [2.24, 2.45) is 0 Å². The Morgan fingerprint density at radius 1 is 1.07 bits per heavy atom. The molecule has 0 aliphatic rings. The molecule has 0 aromatic heterocycles. The fourth-order valence-corrected chi connectivity index (χ4v) is 6.09. The molecule has 10 nitrogen and oxygen atoms in total. The molecular formula is C15H14BrN3O7S2. The largest absolute Gasteiger partial charge is 0.322 e. The molecule has 0 aliphatic carbocycles. The third-order valence-electron chi connectivity index (χ3n) is 3.32. The lowest BCUT2D eigenvalue weighted by molar-refractivity contribution is -0.384. The van der Waals surface area contributed by atoms with E-state index in [0.717, 1.165) is 18.6 Å². The summed E-state index contributed by atoms with van der Waals surface area (Å²) >= 11 is 3.10. The molecule has 0 aliphatic heterocycles. The number of nitrogens with one attached hydrogen (secondary N) is 1. The van der Waals surface area contributed by atoms with Gasteiger partial charge in [-0.05, 0) is 40.2 Å². The van der Waals surface area contributed by atoms with Crippen LogP contribution in [-0.2, 0) is 20.0 Å². The van der Waals surface area contributed by atoms with Gasteiger partial charge in [-0.25, -0.2) is 16.8 Å². The number of benzene rings is 2. The second-order valence-electron chi connectivity index (χ2n) is 5.65. The normalized spacial score (nSPS) is 11.7. The molecule has 13 heteroatoms. The van der Waals surface area contributed by atoms with E-state index in [1.54, 1.807) is 0 Å². The highest BCUT2D eigenvalue weighted by Crippen LogP contribution is 2.32. The number of nitrogens with zero attached hydrogens (tertiary/aromatic N) is 2. The molecule has 0 saturated carbocycles. The maximum Gasteiger partial charge on any atom is 0.270 e. The van der Waals surface area contributed by atoms with Crippen molar-refractivity contribution in [1.29, 1.82) is 0 Å². The Hall–Kier alpha value is -2.51. The minimum absolute atomic E-state index is 0.0447. The van der Waals surface area contributed by atoms with Crippen LogP contribution in [-0.4, -0.2) is 40.2 Å². The van der Waals surface area contributed by atoms with Gasteiger partial charge in [0.1, 0.15) is 0 Å². The summed E-state index contributed by atoms with van der Waals surface area (Å²) in [5, 5.41) is 13.3. The molecule has 0 fully saturated rings. The summed E-state index contributed by atoms with van der Waals surface area (Å²) in [6, 6.07) is 8.92. The lowest BCUT2D eigenvalue weighted by atomic mass is 10.2. The predicted octanol–water partition coefficient (Wildman–Crippen LogP) is 2.34. The zero-order valence-corrected chi connectivity index (χ0v) is 17.7. The summed E-state index contributed by atoms with van der Waals surface area (Å²) in [4.78, 5) is 22.5. The van der Waals surface area contributed by atoms with Crippen molar-refractivity contribution in [3.63, 3.8) is 0 Å². The second-order valence-corrected chi connectivity index (χ2v) is 10.4. The van der Waals surface area contributed by atoms with E-state index in [1.807, 2.05) is 0 Å². The number of nitro benzene ring substituents is 1. The number of carbonyl (C=O) groups is 1. The predicted molar refractivity (Wildman–Crippen MR) is 107 cm³/mol. The van der Waals surface area contributed by atoms with Crippen LogP contribution in [0.2, 0.25) is 0 Å². The molecule has 0 heterocycles. The van der Waals surface area contributed by atoms with Crippen LogP contribution in [0.25, 0.3) is 0 Å². The molecule has 28 heavy (non-hydrogen) atoms. The maximum absolute atomic E-state index is 12.3. The summed E-state index contributed by atoms with van der Waals surface area (Å²) in [6.07, 6.45) is 1.50. The summed E-state index contributed by atoms with van der Waals surface area (Å²) in [5.74, 6) is -0.633. The minimum atomic E-state index is -4.13. The first-order valence-corrected chi connectivity index (χ1v) is 11.9. The van der Waals surface area contributed by atoms with Crippen molar-refractivity contribution < 1.29 is 26.6 Å². The highest BCUT2D eigenvalue weighted by Gasteiger charge is 2.29. The summed E-state index contributed by atoms with van der Waals surface area (Å²) in [6.45, 7) is 0. The number of sulfonamides is 2. The monoisotopic (exact) mass is 491 g/mol. The average Bonchev–Trinajstić information content (AvgIpc) is 2.55. The van der Waals surface area contributed by atoms with Gasteiger partial charge in [0.25, 0.3) is 11.6 Å². The molecular weight excluding hydrogens is 478 g/mol. The Labute approximate surface area is 169 Å². The average molecular weight is 492 g/mol. The van der Waals surface area contributed by atoms with E-state index in [9.17, 15) is 31.7 Å². The van der Waals surface area contributed by atoms with E-state index in [4.69, 9.17) is 0 Å². The number of anilines is 2. The Morgan fingerprint density at radius 3 is 2.18 bits per heavy atom. The van der Waals surface area contributed by atoms with Gasteiger partial charge in [0.15, 0.2) is 0 Å². The summed E-state index contributed by atoms with van der Waals surface area (Å²) in [7, 11) is -8.25. The number of non-ortho nitro benzene ring substituents is 1. The number of nitro groups is 1. The smallest absolute Gasteiger partial charge is 0.270 e. The molecule has 2 rings (SSSR count). The first kappa shape index (κ1) is 21.8. The van der Waals surface area contributed by atoms with Gasteiger partial charge in [-0.1, -0.05) is 6.07 Å². The fourth-order valence-electron chi connectivity index (χ4n) is 2.30. The Kier molecular flexibility index (Phi) is 6.11. The standard InChI is InChI=1S/C15H14BrN3O7S2/c1-27(23,24)19(28(2,25)26)14-7-6-11(9-13(14)16)17-15(20)10-4-3-5-12(8-10)18(21)22/h3-9H,1-2H3,(H,17,20). The molecule has 150 valence electrons. The summed E-state index contributed by atoms with van der Waals surface area (Å²) in [5.41, 5.74) is -0.142. The highest BCUT2D eigenvalue weighted by atomic mass is 79.9. The van der Waals surface area contributed by atoms with Crippen LogP contribution in [0.3, 0.4) is 0 Å².